The number of aliphatic hydroxyl groups is 2. The first-order valence-electron chi connectivity index (χ1n) is 11.2. The largest absolute Gasteiger partial charge is 0.389 e. The first-order chi connectivity index (χ1) is 15.6. The van der Waals surface area contributed by atoms with Crippen LogP contribution < -0.4 is 10.6 Å². The second-order valence-corrected chi connectivity index (χ2v) is 10.2. The molecular formula is C24H30N6O3. The number of aromatic nitrogens is 4. The maximum Gasteiger partial charge on any atom is 0.229 e. The fraction of sp³-hybridized carbons (Fsp3) is 0.500. The van der Waals surface area contributed by atoms with E-state index in [0.717, 1.165) is 5.56 Å². The van der Waals surface area contributed by atoms with E-state index in [2.05, 4.69) is 53.5 Å². The quantitative estimate of drug-likeness (QED) is 0.478. The molecule has 0 spiro atoms. The predicted molar refractivity (Wildman–Crippen MR) is 125 cm³/mol. The van der Waals surface area contributed by atoms with E-state index in [0.29, 0.717) is 29.2 Å². The van der Waals surface area contributed by atoms with Crippen LogP contribution in [0.5, 0.6) is 0 Å². The van der Waals surface area contributed by atoms with Crippen LogP contribution in [0.4, 0.5) is 5.82 Å². The van der Waals surface area contributed by atoms with Gasteiger partial charge in [0.05, 0.1) is 23.9 Å². The monoisotopic (exact) mass is 450 g/mol. The summed E-state index contributed by atoms with van der Waals surface area (Å²) in [5.41, 5.74) is 2.30. The SMILES string of the molecule is CNC(=O)[C@]12CC1[C@@H](n1cnc3c(NC)nc(-c4ccc(C(C)(C)C)cc4)nc31)[C@H](O)[C@@H]2O. The smallest absolute Gasteiger partial charge is 0.229 e. The van der Waals surface area contributed by atoms with E-state index in [1.165, 1.54) is 5.56 Å². The maximum atomic E-state index is 12.5. The van der Waals surface area contributed by atoms with E-state index in [9.17, 15) is 15.0 Å². The third-order valence-corrected chi connectivity index (χ3v) is 7.31. The van der Waals surface area contributed by atoms with Gasteiger partial charge in [-0.15, -0.1) is 0 Å². The van der Waals surface area contributed by atoms with E-state index in [4.69, 9.17) is 4.98 Å². The Bertz CT molecular complexity index is 1230. The number of carbonyl (C=O) groups is 1. The van der Waals surface area contributed by atoms with Crippen LogP contribution in [-0.4, -0.2) is 61.9 Å². The molecule has 33 heavy (non-hydrogen) atoms. The van der Waals surface area contributed by atoms with Crippen molar-refractivity contribution in [1.82, 2.24) is 24.8 Å². The molecule has 2 aromatic heterocycles. The Morgan fingerprint density at radius 2 is 1.85 bits per heavy atom. The molecule has 2 heterocycles. The standard InChI is InChI=1S/C24H30N6O3/c1-23(2,3)13-8-6-12(7-9-13)19-28-20(25-4)15-21(29-19)30(11-27-15)16-14-10-24(14,22(33)26-5)18(32)17(16)31/h6-9,11,14,16-18,31-32H,10H2,1-5H3,(H,26,33)(H,25,28,29)/t14?,16-,17+,18+,24-/m1/s1. The molecule has 1 unspecified atom stereocenters. The minimum absolute atomic E-state index is 0.0408. The molecule has 0 radical (unpaired) electrons. The average molecular weight is 451 g/mol. The number of amides is 1. The Kier molecular flexibility index (Phi) is 4.77. The van der Waals surface area contributed by atoms with Crippen LogP contribution in [0.2, 0.25) is 0 Å². The number of rotatable bonds is 4. The van der Waals surface area contributed by atoms with Crippen molar-refractivity contribution in [2.24, 2.45) is 11.3 Å². The number of nitrogens with one attached hydrogen (secondary N) is 2. The van der Waals surface area contributed by atoms with Crippen molar-refractivity contribution in [2.45, 2.75) is 50.9 Å². The summed E-state index contributed by atoms with van der Waals surface area (Å²) >= 11 is 0. The Hall–Kier alpha value is -3.04. The zero-order chi connectivity index (χ0) is 23.7. The summed E-state index contributed by atoms with van der Waals surface area (Å²) in [5.74, 6) is 0.684. The number of anilines is 1. The molecule has 5 rings (SSSR count). The van der Waals surface area contributed by atoms with Crippen molar-refractivity contribution in [1.29, 1.82) is 0 Å². The Morgan fingerprint density at radius 3 is 2.45 bits per heavy atom. The molecule has 9 nitrogen and oxygen atoms in total. The lowest BCUT2D eigenvalue weighted by Gasteiger charge is -2.23. The average Bonchev–Trinajstić information content (AvgIpc) is 3.34. The van der Waals surface area contributed by atoms with E-state index in [1.807, 2.05) is 12.1 Å². The first kappa shape index (κ1) is 21.8. The highest BCUT2D eigenvalue weighted by Gasteiger charge is 2.75. The maximum absolute atomic E-state index is 12.5. The number of imidazole rings is 1. The van der Waals surface area contributed by atoms with Gasteiger partial charge in [-0.2, -0.15) is 0 Å². The van der Waals surface area contributed by atoms with E-state index >= 15 is 0 Å². The molecule has 5 atom stereocenters. The first-order valence-corrected chi connectivity index (χ1v) is 11.2. The van der Waals surface area contributed by atoms with Crippen molar-refractivity contribution in [2.75, 3.05) is 19.4 Å². The van der Waals surface area contributed by atoms with Crippen LogP contribution in [-0.2, 0) is 10.2 Å². The van der Waals surface area contributed by atoms with Crippen LogP contribution in [0.3, 0.4) is 0 Å². The van der Waals surface area contributed by atoms with Gasteiger partial charge in [0.25, 0.3) is 0 Å². The highest BCUT2D eigenvalue weighted by molar-refractivity contribution is 5.88. The van der Waals surface area contributed by atoms with E-state index in [-0.39, 0.29) is 17.2 Å². The molecule has 2 fully saturated rings. The van der Waals surface area contributed by atoms with Gasteiger partial charge in [-0.25, -0.2) is 15.0 Å². The molecule has 3 aromatic rings. The summed E-state index contributed by atoms with van der Waals surface area (Å²) in [5, 5.41) is 27.3. The number of nitrogens with zero attached hydrogens (tertiary/aromatic N) is 4. The van der Waals surface area contributed by atoms with Gasteiger partial charge in [-0.3, -0.25) is 4.79 Å². The number of benzene rings is 1. The van der Waals surface area contributed by atoms with Crippen LogP contribution in [0, 0.1) is 11.3 Å². The Labute approximate surface area is 192 Å². The minimum atomic E-state index is -1.14. The van der Waals surface area contributed by atoms with E-state index in [1.54, 1.807) is 25.0 Å². The van der Waals surface area contributed by atoms with Crippen molar-refractivity contribution in [3.63, 3.8) is 0 Å². The number of hydrogen-bond donors (Lipinski definition) is 4. The molecule has 1 amide bonds. The number of fused-ring (bicyclic) bond motifs is 2. The third kappa shape index (κ3) is 3.06. The van der Waals surface area contributed by atoms with Crippen molar-refractivity contribution in [3.05, 3.63) is 36.2 Å². The van der Waals surface area contributed by atoms with Gasteiger partial charge < -0.3 is 25.4 Å². The molecule has 4 N–H and O–H groups in total. The number of carbonyl (C=O) groups excluding carboxylic acids is 1. The Balaban J connectivity index is 1.59. The summed E-state index contributed by atoms with van der Waals surface area (Å²) in [7, 11) is 3.33. The lowest BCUT2D eigenvalue weighted by molar-refractivity contribution is -0.132. The lowest BCUT2D eigenvalue weighted by Crippen LogP contribution is -2.41. The van der Waals surface area contributed by atoms with Gasteiger partial charge in [0.1, 0.15) is 11.6 Å². The van der Waals surface area contributed by atoms with Gasteiger partial charge in [0.15, 0.2) is 17.3 Å². The van der Waals surface area contributed by atoms with Crippen LogP contribution in [0.1, 0.15) is 38.8 Å². The molecule has 2 saturated carbocycles. The van der Waals surface area contributed by atoms with Gasteiger partial charge in [-0.05, 0) is 17.4 Å². The Morgan fingerprint density at radius 1 is 1.15 bits per heavy atom. The van der Waals surface area contributed by atoms with Crippen molar-refractivity contribution in [3.8, 4) is 11.4 Å². The summed E-state index contributed by atoms with van der Waals surface area (Å²) in [6.07, 6.45) is -0.104. The fourth-order valence-electron chi connectivity index (χ4n) is 5.34. The zero-order valence-electron chi connectivity index (χ0n) is 19.5. The summed E-state index contributed by atoms with van der Waals surface area (Å²) in [4.78, 5) is 26.5. The number of hydrogen-bond acceptors (Lipinski definition) is 7. The normalized spacial score (nSPS) is 28.6. The minimum Gasteiger partial charge on any atom is -0.389 e. The summed E-state index contributed by atoms with van der Waals surface area (Å²) in [6.45, 7) is 6.50. The van der Waals surface area contributed by atoms with Gasteiger partial charge >= 0.3 is 0 Å². The van der Waals surface area contributed by atoms with Crippen molar-refractivity contribution < 1.29 is 15.0 Å². The predicted octanol–water partition coefficient (Wildman–Crippen LogP) is 1.86. The highest BCUT2D eigenvalue weighted by atomic mass is 16.3. The van der Waals surface area contributed by atoms with Crippen LogP contribution >= 0.6 is 0 Å². The molecule has 0 saturated heterocycles. The fourth-order valence-corrected chi connectivity index (χ4v) is 5.34. The highest BCUT2D eigenvalue weighted by Crippen LogP contribution is 2.67. The molecule has 174 valence electrons. The van der Waals surface area contributed by atoms with Gasteiger partial charge in [-0.1, -0.05) is 45.0 Å². The van der Waals surface area contributed by atoms with Gasteiger partial charge in [0, 0.05) is 25.6 Å². The molecule has 2 aliphatic rings. The summed E-state index contributed by atoms with van der Waals surface area (Å²) < 4.78 is 1.79. The second-order valence-electron chi connectivity index (χ2n) is 10.2. The van der Waals surface area contributed by atoms with Crippen LogP contribution in [0.25, 0.3) is 22.6 Å². The topological polar surface area (TPSA) is 125 Å². The number of aliphatic hydroxyl groups excluding tert-OH is 2. The molecule has 2 aliphatic carbocycles. The molecule has 0 bridgehead atoms. The molecule has 9 heteroatoms. The molecule has 1 aromatic carbocycles. The van der Waals surface area contributed by atoms with Crippen LogP contribution in [0.15, 0.2) is 30.6 Å². The van der Waals surface area contributed by atoms with E-state index < -0.39 is 23.7 Å². The van der Waals surface area contributed by atoms with Crippen molar-refractivity contribution >= 4 is 22.9 Å². The zero-order valence-corrected chi connectivity index (χ0v) is 19.5. The summed E-state index contributed by atoms with van der Waals surface area (Å²) in [6, 6.07) is 7.68. The lowest BCUT2D eigenvalue weighted by atomic mass is 9.87. The molecular weight excluding hydrogens is 420 g/mol. The molecule has 0 aliphatic heterocycles. The van der Waals surface area contributed by atoms with Gasteiger partial charge in [0.2, 0.25) is 5.91 Å². The third-order valence-electron chi connectivity index (χ3n) is 7.31. The second kappa shape index (κ2) is 7.23.